The lowest BCUT2D eigenvalue weighted by molar-refractivity contribution is 0.474. The fourth-order valence-electron chi connectivity index (χ4n) is 1.08. The van der Waals surface area contributed by atoms with Crippen molar-refractivity contribution in [1.29, 1.82) is 0 Å². The van der Waals surface area contributed by atoms with Crippen molar-refractivity contribution in [2.45, 2.75) is 13.8 Å². The topological polar surface area (TPSA) is 46.2 Å². The molecule has 0 saturated heterocycles. The Balaban J connectivity index is 0.000000791. The van der Waals surface area contributed by atoms with E-state index in [4.69, 9.17) is 5.73 Å². The van der Waals surface area contributed by atoms with E-state index in [0.29, 0.717) is 11.3 Å². The van der Waals surface area contributed by atoms with Crippen LogP contribution in [0.4, 0.5) is 5.69 Å². The number of rotatable bonds is 2. The van der Waals surface area contributed by atoms with Crippen LogP contribution in [0.1, 0.15) is 25.0 Å². The van der Waals surface area contributed by atoms with Crippen LogP contribution in [0.2, 0.25) is 0 Å². The molecule has 2 nitrogen and oxygen atoms in total. The maximum atomic E-state index is 9.37. The van der Waals surface area contributed by atoms with E-state index in [-0.39, 0.29) is 5.75 Å². The molecule has 2 heteroatoms. The third-order valence-corrected chi connectivity index (χ3v) is 1.71. The molecule has 3 N–H and O–H groups in total. The predicted molar refractivity (Wildman–Crippen MR) is 64.0 cm³/mol. The summed E-state index contributed by atoms with van der Waals surface area (Å²) in [7, 11) is 0. The van der Waals surface area contributed by atoms with Gasteiger partial charge in [0.2, 0.25) is 0 Å². The predicted octanol–water partition coefficient (Wildman–Crippen LogP) is 3.29. The highest BCUT2D eigenvalue weighted by Gasteiger charge is 2.04. The van der Waals surface area contributed by atoms with Crippen molar-refractivity contribution in [1.82, 2.24) is 0 Å². The Hall–Kier alpha value is -1.70. The molecule has 0 spiro atoms. The molecule has 0 aromatic heterocycles. The van der Waals surface area contributed by atoms with Crippen molar-refractivity contribution in [3.8, 4) is 5.75 Å². The summed E-state index contributed by atoms with van der Waals surface area (Å²) in [6.45, 7) is 11.2. The van der Waals surface area contributed by atoms with Crippen molar-refractivity contribution >= 4 is 17.8 Å². The molecule has 0 bridgehead atoms. The van der Waals surface area contributed by atoms with Crippen molar-refractivity contribution in [2.75, 3.05) is 5.73 Å². The van der Waals surface area contributed by atoms with Crippen LogP contribution >= 0.6 is 0 Å². The molecule has 14 heavy (non-hydrogen) atoms. The Morgan fingerprint density at radius 2 is 1.64 bits per heavy atom. The van der Waals surface area contributed by atoms with Gasteiger partial charge in [0.1, 0.15) is 5.75 Å². The lowest BCUT2D eigenvalue weighted by Gasteiger charge is -2.06. The second-order valence-corrected chi connectivity index (χ2v) is 2.41. The Labute approximate surface area is 85.4 Å². The summed E-state index contributed by atoms with van der Waals surface area (Å²) in [4.78, 5) is 0. The molecule has 0 unspecified atom stereocenters. The minimum Gasteiger partial charge on any atom is -0.507 e. The standard InChI is InChI=1S/C10H11NO.C2H6/c1-3-7-8(4-2)10(12)6-5-9(7)11;1-2/h3-6,12H,1-2,11H2;1-2H3. The number of nitrogen functional groups attached to an aromatic ring is 1. The molecular formula is C12H17NO. The van der Waals surface area contributed by atoms with E-state index < -0.39 is 0 Å². The highest BCUT2D eigenvalue weighted by atomic mass is 16.3. The summed E-state index contributed by atoms with van der Waals surface area (Å²) in [5.41, 5.74) is 7.60. The molecule has 0 aliphatic heterocycles. The molecule has 0 aliphatic rings. The van der Waals surface area contributed by atoms with Gasteiger partial charge in [-0.05, 0) is 12.1 Å². The van der Waals surface area contributed by atoms with Crippen LogP contribution in [0, 0.1) is 0 Å². The second-order valence-electron chi connectivity index (χ2n) is 2.41. The third-order valence-electron chi connectivity index (χ3n) is 1.71. The molecule has 0 saturated carbocycles. The number of phenols is 1. The quantitative estimate of drug-likeness (QED) is 0.556. The van der Waals surface area contributed by atoms with E-state index in [2.05, 4.69) is 13.2 Å². The summed E-state index contributed by atoms with van der Waals surface area (Å²) in [5.74, 6) is 0.175. The van der Waals surface area contributed by atoms with Gasteiger partial charge in [-0.3, -0.25) is 0 Å². The first-order valence-corrected chi connectivity index (χ1v) is 4.57. The van der Waals surface area contributed by atoms with Gasteiger partial charge in [0.15, 0.2) is 0 Å². The van der Waals surface area contributed by atoms with E-state index in [1.807, 2.05) is 13.8 Å². The van der Waals surface area contributed by atoms with Crippen LogP contribution in [-0.4, -0.2) is 5.11 Å². The van der Waals surface area contributed by atoms with Gasteiger partial charge in [0.05, 0.1) is 0 Å². The zero-order chi connectivity index (χ0) is 11.1. The molecule has 0 atom stereocenters. The molecule has 76 valence electrons. The van der Waals surface area contributed by atoms with Gasteiger partial charge in [-0.1, -0.05) is 39.2 Å². The Morgan fingerprint density at radius 3 is 2.00 bits per heavy atom. The largest absolute Gasteiger partial charge is 0.507 e. The Bertz CT molecular complexity index is 296. The molecule has 0 radical (unpaired) electrons. The second kappa shape index (κ2) is 5.86. The van der Waals surface area contributed by atoms with Crippen LogP contribution in [0.15, 0.2) is 25.3 Å². The van der Waals surface area contributed by atoms with Crippen LogP contribution in [0.5, 0.6) is 5.75 Å². The molecule has 0 amide bonds. The van der Waals surface area contributed by atoms with Gasteiger partial charge >= 0.3 is 0 Å². The number of benzene rings is 1. The van der Waals surface area contributed by atoms with E-state index >= 15 is 0 Å². The number of hydrogen-bond donors (Lipinski definition) is 2. The minimum absolute atomic E-state index is 0.175. The number of phenolic OH excluding ortho intramolecular Hbond substituents is 1. The van der Waals surface area contributed by atoms with Crippen molar-refractivity contribution in [3.63, 3.8) is 0 Å². The van der Waals surface area contributed by atoms with Crippen LogP contribution in [0.25, 0.3) is 12.2 Å². The van der Waals surface area contributed by atoms with Crippen LogP contribution < -0.4 is 5.73 Å². The smallest absolute Gasteiger partial charge is 0.123 e. The summed E-state index contributed by atoms with van der Waals surface area (Å²) < 4.78 is 0. The fraction of sp³-hybridized carbons (Fsp3) is 0.167. The zero-order valence-corrected chi connectivity index (χ0v) is 8.75. The number of anilines is 1. The van der Waals surface area contributed by atoms with E-state index in [0.717, 1.165) is 5.56 Å². The third kappa shape index (κ3) is 2.39. The SMILES string of the molecule is C=Cc1c(N)ccc(O)c1C=C.CC. The first kappa shape index (κ1) is 12.3. The molecule has 1 aromatic carbocycles. The van der Waals surface area contributed by atoms with Crippen LogP contribution in [-0.2, 0) is 0 Å². The van der Waals surface area contributed by atoms with Crippen LogP contribution in [0.3, 0.4) is 0 Å². The fourth-order valence-corrected chi connectivity index (χ4v) is 1.08. The first-order chi connectivity index (χ1) is 6.70. The summed E-state index contributed by atoms with van der Waals surface area (Å²) >= 11 is 0. The molecule has 0 aliphatic carbocycles. The molecule has 0 heterocycles. The van der Waals surface area contributed by atoms with Crippen molar-refractivity contribution in [2.24, 2.45) is 0 Å². The number of nitrogens with two attached hydrogens (primary N) is 1. The van der Waals surface area contributed by atoms with Crippen molar-refractivity contribution < 1.29 is 5.11 Å². The summed E-state index contributed by atoms with van der Waals surface area (Å²) in [6, 6.07) is 3.18. The van der Waals surface area contributed by atoms with Gasteiger partial charge in [0.25, 0.3) is 0 Å². The highest BCUT2D eigenvalue weighted by molar-refractivity contribution is 5.76. The maximum absolute atomic E-state index is 9.37. The minimum atomic E-state index is 0.175. The summed E-state index contributed by atoms with van der Waals surface area (Å²) in [5, 5.41) is 9.37. The molecule has 0 fully saturated rings. The summed E-state index contributed by atoms with van der Waals surface area (Å²) in [6.07, 6.45) is 3.16. The van der Waals surface area contributed by atoms with Gasteiger partial charge in [-0.2, -0.15) is 0 Å². The lowest BCUT2D eigenvalue weighted by atomic mass is 10.0. The number of aromatic hydroxyl groups is 1. The van der Waals surface area contributed by atoms with E-state index in [1.165, 1.54) is 0 Å². The molecular weight excluding hydrogens is 174 g/mol. The van der Waals surface area contributed by atoms with Gasteiger partial charge in [0, 0.05) is 16.8 Å². The monoisotopic (exact) mass is 191 g/mol. The van der Waals surface area contributed by atoms with E-state index in [1.54, 1.807) is 24.3 Å². The Kier molecular flexibility index (Phi) is 5.15. The van der Waals surface area contributed by atoms with E-state index in [9.17, 15) is 5.11 Å². The Morgan fingerprint density at radius 1 is 1.14 bits per heavy atom. The van der Waals surface area contributed by atoms with Gasteiger partial charge in [-0.25, -0.2) is 0 Å². The first-order valence-electron chi connectivity index (χ1n) is 4.57. The van der Waals surface area contributed by atoms with Crippen molar-refractivity contribution in [3.05, 3.63) is 36.4 Å². The maximum Gasteiger partial charge on any atom is 0.123 e. The highest BCUT2D eigenvalue weighted by Crippen LogP contribution is 2.27. The lowest BCUT2D eigenvalue weighted by Crippen LogP contribution is -1.91. The van der Waals surface area contributed by atoms with Gasteiger partial charge in [-0.15, -0.1) is 0 Å². The zero-order valence-electron chi connectivity index (χ0n) is 8.75. The average Bonchev–Trinajstić information content (AvgIpc) is 2.24. The molecule has 1 aromatic rings. The number of hydrogen-bond acceptors (Lipinski definition) is 2. The van der Waals surface area contributed by atoms with Gasteiger partial charge < -0.3 is 10.8 Å². The average molecular weight is 191 g/mol. The normalized spacial score (nSPS) is 8.43. The molecule has 1 rings (SSSR count).